The maximum atomic E-state index is 2.79. The minimum atomic E-state index is -0.501. The third-order valence-electron chi connectivity index (χ3n) is 16.5. The molecule has 3 aliphatic heterocycles. The summed E-state index contributed by atoms with van der Waals surface area (Å²) in [5.74, 6) is 2.48. The largest absolute Gasteiger partial charge is 0.310 e. The van der Waals surface area contributed by atoms with E-state index in [-0.39, 0.29) is 6.71 Å². The Kier molecular flexibility index (Phi) is 7.68. The summed E-state index contributed by atoms with van der Waals surface area (Å²) in [4.78, 5) is 0. The van der Waals surface area contributed by atoms with E-state index in [2.05, 4.69) is 195 Å². The van der Waals surface area contributed by atoms with Crippen LogP contribution in [0.4, 0.5) is 0 Å². The lowest BCUT2D eigenvalue weighted by atomic mass is 9.33. The van der Waals surface area contributed by atoms with Crippen molar-refractivity contribution in [3.05, 3.63) is 159 Å². The molecule has 0 fully saturated rings. The molecule has 13 rings (SSSR count). The van der Waals surface area contributed by atoms with Crippen LogP contribution in [0.2, 0.25) is 0 Å². The van der Waals surface area contributed by atoms with Crippen LogP contribution >= 0.6 is 0 Å². The van der Waals surface area contributed by atoms with Crippen LogP contribution in [0.3, 0.4) is 0 Å². The maximum Gasteiger partial charge on any atom is 0.252 e. The molecule has 0 saturated carbocycles. The van der Waals surface area contributed by atoms with Crippen molar-refractivity contribution in [2.45, 2.75) is 124 Å². The van der Waals surface area contributed by atoms with Crippen LogP contribution in [0.15, 0.2) is 103 Å². The highest BCUT2D eigenvalue weighted by Gasteiger charge is 2.54. The summed E-state index contributed by atoms with van der Waals surface area (Å²) >= 11 is 0. The van der Waals surface area contributed by atoms with Gasteiger partial charge in [-0.05, 0) is 149 Å². The number of aromatic nitrogens is 2. The highest BCUT2D eigenvalue weighted by atomic mass is 15.1. The second-order valence-corrected chi connectivity index (χ2v) is 22.0. The van der Waals surface area contributed by atoms with Gasteiger partial charge in [0.25, 0.3) is 6.71 Å². The highest BCUT2D eigenvalue weighted by Crippen LogP contribution is 2.62. The fourth-order valence-corrected chi connectivity index (χ4v) is 13.2. The number of rotatable bonds is 6. The molecule has 1 aliphatic carbocycles. The molecule has 9 aromatic rings. The van der Waals surface area contributed by atoms with Crippen LogP contribution in [-0.2, 0) is 5.41 Å². The summed E-state index contributed by atoms with van der Waals surface area (Å²) in [7, 11) is 0. The summed E-state index contributed by atoms with van der Waals surface area (Å²) in [6.07, 6.45) is 0. The average molecular weight is 831 g/mol. The standard InChI is InChI=1S/C61H59BN2/c1-30(2)36-13-17-47-42(23-36)43-24-37(31(3)4)14-18-48(43)61(47)49-19-22-54-56-59(49)64-57-44(26-39(33(7)8)28-50(57)61)45-27-40(34(9)10)29-52(58(45)64)62(56)51-20-16-41(35(11)12)55-46-25-38(32(5)6)15-21-53(46)63(54)60(51)55/h13-35H,1-12H3. The number of nitrogens with zero attached hydrogens (tertiary/aromatic N) is 2. The first-order valence-electron chi connectivity index (χ1n) is 24.5. The lowest BCUT2D eigenvalue weighted by molar-refractivity contribution is 0.741. The molecule has 0 radical (unpaired) electrons. The molecular formula is C61H59BN2. The smallest absolute Gasteiger partial charge is 0.252 e. The highest BCUT2D eigenvalue weighted by molar-refractivity contribution is 7.00. The lowest BCUT2D eigenvalue weighted by Gasteiger charge is -2.44. The molecule has 3 heteroatoms. The van der Waals surface area contributed by atoms with Crippen molar-refractivity contribution in [1.29, 1.82) is 0 Å². The van der Waals surface area contributed by atoms with E-state index < -0.39 is 5.41 Å². The van der Waals surface area contributed by atoms with E-state index in [1.165, 1.54) is 138 Å². The number of hydrogen-bond acceptors (Lipinski definition) is 0. The van der Waals surface area contributed by atoms with Gasteiger partial charge in [0, 0.05) is 44.0 Å². The molecule has 2 nitrogen and oxygen atoms in total. The Labute approximate surface area is 379 Å². The summed E-state index contributed by atoms with van der Waals surface area (Å²) in [5, 5.41) is 5.64. The number of benzene rings is 7. The Balaban J connectivity index is 1.29. The normalized spacial score (nSPS) is 14.9. The third-order valence-corrected chi connectivity index (χ3v) is 16.5. The first-order chi connectivity index (χ1) is 30.7. The minimum absolute atomic E-state index is 0.0863. The zero-order valence-electron chi connectivity index (χ0n) is 39.8. The minimum Gasteiger partial charge on any atom is -0.310 e. The maximum absolute atomic E-state index is 2.79. The van der Waals surface area contributed by atoms with Gasteiger partial charge in [0.15, 0.2) is 0 Å². The Morgan fingerprint density at radius 2 is 0.953 bits per heavy atom. The van der Waals surface area contributed by atoms with Gasteiger partial charge >= 0.3 is 0 Å². The van der Waals surface area contributed by atoms with Crippen molar-refractivity contribution in [3.63, 3.8) is 0 Å². The number of fused-ring (bicyclic) bond motifs is 14. The van der Waals surface area contributed by atoms with Crippen molar-refractivity contribution < 1.29 is 0 Å². The molecule has 0 atom stereocenters. The second-order valence-electron chi connectivity index (χ2n) is 22.0. The molecule has 0 N–H and O–H groups in total. The molecule has 2 aromatic heterocycles. The first kappa shape index (κ1) is 38.6. The molecule has 7 aromatic carbocycles. The first-order valence-corrected chi connectivity index (χ1v) is 24.5. The quantitative estimate of drug-likeness (QED) is 0.148. The summed E-state index contributed by atoms with van der Waals surface area (Å²) < 4.78 is 5.48. The van der Waals surface area contributed by atoms with Crippen LogP contribution in [0, 0.1) is 0 Å². The Bertz CT molecular complexity index is 3520. The van der Waals surface area contributed by atoms with E-state index in [9.17, 15) is 0 Å². The zero-order valence-corrected chi connectivity index (χ0v) is 39.8. The van der Waals surface area contributed by atoms with E-state index in [1.54, 1.807) is 0 Å². The van der Waals surface area contributed by atoms with Gasteiger partial charge in [-0.2, -0.15) is 0 Å². The van der Waals surface area contributed by atoms with Crippen molar-refractivity contribution in [3.8, 4) is 22.5 Å². The molecule has 0 bridgehead atoms. The van der Waals surface area contributed by atoms with Crippen LogP contribution in [-0.4, -0.2) is 15.8 Å². The molecule has 4 aliphatic rings. The van der Waals surface area contributed by atoms with Crippen molar-refractivity contribution in [1.82, 2.24) is 9.13 Å². The summed E-state index contributed by atoms with van der Waals surface area (Å²) in [6, 6.07) is 43.0. The number of hydrogen-bond donors (Lipinski definition) is 0. The SMILES string of the molecule is CC(C)c1ccc2c(c1)-c1cc(C(C)C)ccc1C21c2ccc3c4c2-n2c5c(cc(C(C)C)cc5c5cc(C(C)C)cc1c52)B4c1ccc(C(C)C)c2c4cc(C(C)C)ccc4n-3c12. The van der Waals surface area contributed by atoms with Gasteiger partial charge in [0.2, 0.25) is 0 Å². The van der Waals surface area contributed by atoms with Gasteiger partial charge in [0.05, 0.1) is 16.4 Å². The van der Waals surface area contributed by atoms with Gasteiger partial charge in [-0.25, -0.2) is 0 Å². The molecule has 0 saturated heterocycles. The van der Waals surface area contributed by atoms with Gasteiger partial charge < -0.3 is 9.13 Å². The molecule has 64 heavy (non-hydrogen) atoms. The fraction of sp³-hybridized carbons (Fsp3) is 0.311. The zero-order chi connectivity index (χ0) is 44.2. The second kappa shape index (κ2) is 12.7. The van der Waals surface area contributed by atoms with Crippen molar-refractivity contribution in [2.24, 2.45) is 0 Å². The van der Waals surface area contributed by atoms with Gasteiger partial charge in [-0.15, -0.1) is 0 Å². The van der Waals surface area contributed by atoms with Gasteiger partial charge in [0.1, 0.15) is 0 Å². The molecule has 5 heterocycles. The van der Waals surface area contributed by atoms with E-state index in [4.69, 9.17) is 0 Å². The predicted octanol–water partition coefficient (Wildman–Crippen LogP) is 14.4. The average Bonchev–Trinajstić information content (AvgIpc) is 3.90. The Hall–Kier alpha value is -5.80. The van der Waals surface area contributed by atoms with Gasteiger partial charge in [-0.3, -0.25) is 0 Å². The molecular weight excluding hydrogens is 771 g/mol. The lowest BCUT2D eigenvalue weighted by Crippen LogP contribution is -2.60. The molecule has 0 unspecified atom stereocenters. The van der Waals surface area contributed by atoms with E-state index >= 15 is 0 Å². The van der Waals surface area contributed by atoms with Crippen LogP contribution < -0.4 is 16.4 Å². The summed E-state index contributed by atoms with van der Waals surface area (Å²) in [6.45, 7) is 28.4. The molecule has 1 spiro atoms. The van der Waals surface area contributed by atoms with Crippen LogP contribution in [0.1, 0.15) is 174 Å². The van der Waals surface area contributed by atoms with Crippen LogP contribution in [0.5, 0.6) is 0 Å². The van der Waals surface area contributed by atoms with Crippen molar-refractivity contribution in [2.75, 3.05) is 0 Å². The Morgan fingerprint density at radius 1 is 0.406 bits per heavy atom. The molecule has 316 valence electrons. The van der Waals surface area contributed by atoms with Crippen molar-refractivity contribution >= 4 is 66.7 Å². The monoisotopic (exact) mass is 830 g/mol. The van der Waals surface area contributed by atoms with E-state index in [0.29, 0.717) is 35.5 Å². The topological polar surface area (TPSA) is 9.86 Å². The molecule has 0 amide bonds. The van der Waals surface area contributed by atoms with E-state index in [1.807, 2.05) is 0 Å². The predicted molar refractivity (Wildman–Crippen MR) is 275 cm³/mol. The fourth-order valence-electron chi connectivity index (χ4n) is 13.2. The van der Waals surface area contributed by atoms with Crippen LogP contribution in [0.25, 0.3) is 66.1 Å². The van der Waals surface area contributed by atoms with E-state index in [0.717, 1.165) is 0 Å². The Morgan fingerprint density at radius 3 is 1.56 bits per heavy atom. The third kappa shape index (κ3) is 4.50. The van der Waals surface area contributed by atoms with Gasteiger partial charge in [-0.1, -0.05) is 156 Å². The summed E-state index contributed by atoms with van der Waals surface area (Å²) in [5.41, 5.74) is 29.2.